The molecule has 0 radical (unpaired) electrons. The highest BCUT2D eigenvalue weighted by Crippen LogP contribution is 2.22. The lowest BCUT2D eigenvalue weighted by Gasteiger charge is -2.22. The maximum absolute atomic E-state index is 11.9. The van der Waals surface area contributed by atoms with Crippen molar-refractivity contribution in [1.82, 2.24) is 0 Å². The molecule has 0 bridgehead atoms. The van der Waals surface area contributed by atoms with Gasteiger partial charge in [-0.3, -0.25) is 5.32 Å². The molecule has 2 aromatic rings. The predicted octanol–water partition coefficient (Wildman–Crippen LogP) is 1.08. The maximum atomic E-state index is 11.9. The number of carbonyl (C=O) groups is 1. The van der Waals surface area contributed by atoms with Gasteiger partial charge in [0.25, 0.3) is 0 Å². The number of amides is 2. The standard InChI is InChI=1S/C16H21N3O2.ClH/c1-4-19(5-2)13-8-9-14(12(3)11-13)17-16(20)18-15-7-6-10-21-15;/h6-11H,4-5H2,1-3H3,(H2,17,18,20);1H/p-1. The quantitative estimate of drug-likeness (QED) is 0.866. The van der Waals surface area contributed by atoms with Crippen molar-refractivity contribution in [3.05, 3.63) is 42.2 Å². The monoisotopic (exact) mass is 322 g/mol. The lowest BCUT2D eigenvalue weighted by atomic mass is 10.1. The maximum Gasteiger partial charge on any atom is 0.326 e. The van der Waals surface area contributed by atoms with Crippen LogP contribution in [0, 0.1) is 6.92 Å². The molecule has 22 heavy (non-hydrogen) atoms. The van der Waals surface area contributed by atoms with Crippen LogP contribution in [0.4, 0.5) is 22.1 Å². The van der Waals surface area contributed by atoms with Crippen LogP contribution in [0.15, 0.2) is 41.0 Å². The Morgan fingerprint density at radius 2 is 1.91 bits per heavy atom. The summed E-state index contributed by atoms with van der Waals surface area (Å²) in [5, 5.41) is 5.45. The molecule has 0 spiro atoms. The minimum Gasteiger partial charge on any atom is -1.00 e. The number of anilines is 3. The molecule has 1 aromatic heterocycles. The Balaban J connectivity index is 0.00000242. The average molecular weight is 323 g/mol. The second-order valence-electron chi connectivity index (χ2n) is 4.73. The summed E-state index contributed by atoms with van der Waals surface area (Å²) in [7, 11) is 0. The molecule has 0 atom stereocenters. The van der Waals surface area contributed by atoms with Gasteiger partial charge in [-0.1, -0.05) is 0 Å². The number of halogens is 1. The zero-order chi connectivity index (χ0) is 15.2. The van der Waals surface area contributed by atoms with Crippen molar-refractivity contribution in [2.45, 2.75) is 20.8 Å². The van der Waals surface area contributed by atoms with Crippen molar-refractivity contribution in [1.29, 1.82) is 0 Å². The zero-order valence-corrected chi connectivity index (χ0v) is 13.8. The van der Waals surface area contributed by atoms with Crippen molar-refractivity contribution in [2.75, 3.05) is 28.6 Å². The normalized spacial score (nSPS) is 9.77. The van der Waals surface area contributed by atoms with Crippen molar-refractivity contribution >= 4 is 23.3 Å². The highest BCUT2D eigenvalue weighted by atomic mass is 35.5. The summed E-state index contributed by atoms with van der Waals surface area (Å²) < 4.78 is 5.07. The van der Waals surface area contributed by atoms with Crippen LogP contribution in [0.2, 0.25) is 0 Å². The third-order valence-electron chi connectivity index (χ3n) is 3.34. The van der Waals surface area contributed by atoms with E-state index in [1.807, 2.05) is 19.1 Å². The summed E-state index contributed by atoms with van der Waals surface area (Å²) in [6, 6.07) is 9.11. The summed E-state index contributed by atoms with van der Waals surface area (Å²) >= 11 is 0. The molecule has 120 valence electrons. The molecule has 1 aromatic carbocycles. The molecule has 0 saturated carbocycles. The first-order chi connectivity index (χ1) is 10.1. The van der Waals surface area contributed by atoms with Crippen LogP contribution in [0.1, 0.15) is 19.4 Å². The third kappa shape index (κ3) is 4.43. The van der Waals surface area contributed by atoms with Gasteiger partial charge in [-0.25, -0.2) is 4.79 Å². The minimum absolute atomic E-state index is 0. The van der Waals surface area contributed by atoms with Gasteiger partial charge in [0.2, 0.25) is 5.88 Å². The number of rotatable bonds is 5. The van der Waals surface area contributed by atoms with Crippen LogP contribution >= 0.6 is 0 Å². The highest BCUT2D eigenvalue weighted by Gasteiger charge is 2.08. The first-order valence-electron chi connectivity index (χ1n) is 7.11. The molecule has 0 unspecified atom stereocenters. The lowest BCUT2D eigenvalue weighted by molar-refractivity contribution is -0.00000788. The van der Waals surface area contributed by atoms with Gasteiger partial charge in [0.1, 0.15) is 0 Å². The Hall–Kier alpha value is -2.14. The number of furan rings is 1. The second-order valence-corrected chi connectivity index (χ2v) is 4.73. The molecule has 0 fully saturated rings. The molecule has 2 N–H and O–H groups in total. The molecule has 5 nitrogen and oxygen atoms in total. The third-order valence-corrected chi connectivity index (χ3v) is 3.34. The van der Waals surface area contributed by atoms with Gasteiger partial charge in [0.15, 0.2) is 0 Å². The number of hydrogen-bond acceptors (Lipinski definition) is 3. The summed E-state index contributed by atoms with van der Waals surface area (Å²) in [4.78, 5) is 14.1. The van der Waals surface area contributed by atoms with Crippen molar-refractivity contribution in [3.63, 3.8) is 0 Å². The van der Waals surface area contributed by atoms with Crippen LogP contribution in [-0.4, -0.2) is 19.1 Å². The van der Waals surface area contributed by atoms with Crippen molar-refractivity contribution in [2.24, 2.45) is 0 Å². The fourth-order valence-electron chi connectivity index (χ4n) is 2.19. The van der Waals surface area contributed by atoms with E-state index in [9.17, 15) is 4.79 Å². The largest absolute Gasteiger partial charge is 1.00 e. The van der Waals surface area contributed by atoms with Crippen LogP contribution in [0.5, 0.6) is 0 Å². The van der Waals surface area contributed by atoms with Crippen LogP contribution < -0.4 is 27.9 Å². The Morgan fingerprint density at radius 1 is 1.18 bits per heavy atom. The number of nitrogens with zero attached hydrogens (tertiary/aromatic N) is 1. The van der Waals surface area contributed by atoms with E-state index < -0.39 is 0 Å². The second kappa shape index (κ2) is 8.34. The number of nitrogens with one attached hydrogen (secondary N) is 2. The Labute approximate surface area is 137 Å². The van der Waals surface area contributed by atoms with E-state index in [0.717, 1.165) is 30.0 Å². The summed E-state index contributed by atoms with van der Waals surface area (Å²) in [5.74, 6) is 0.421. The molecule has 2 rings (SSSR count). The zero-order valence-electron chi connectivity index (χ0n) is 13.0. The van der Waals surface area contributed by atoms with E-state index in [0.29, 0.717) is 5.88 Å². The topological polar surface area (TPSA) is 57.5 Å². The SMILES string of the molecule is CCN(CC)c1ccc(NC(=O)Nc2ccco2)c(C)c1.[Cl-]. The number of carbonyl (C=O) groups excluding carboxylic acids is 1. The molecule has 0 aliphatic carbocycles. The van der Waals surface area contributed by atoms with E-state index in [1.165, 1.54) is 6.26 Å². The number of aryl methyl sites for hydroxylation is 1. The number of hydrogen-bond donors (Lipinski definition) is 2. The molecular formula is C16H21ClN3O2-. The first kappa shape index (κ1) is 17.9. The van der Waals surface area contributed by atoms with E-state index in [1.54, 1.807) is 12.1 Å². The average Bonchev–Trinajstić information content (AvgIpc) is 2.96. The molecule has 0 saturated heterocycles. The van der Waals surface area contributed by atoms with Crippen molar-refractivity contribution < 1.29 is 21.6 Å². The Bertz CT molecular complexity index is 595. The molecule has 1 heterocycles. The number of benzene rings is 1. The van der Waals surface area contributed by atoms with Gasteiger partial charge in [0.05, 0.1) is 6.26 Å². The molecule has 2 amide bonds. The Kier molecular flexibility index (Phi) is 6.79. The van der Waals surface area contributed by atoms with Gasteiger partial charge in [0, 0.05) is 30.5 Å². The van der Waals surface area contributed by atoms with Crippen LogP contribution in [0.25, 0.3) is 0 Å². The van der Waals surface area contributed by atoms with Crippen LogP contribution in [-0.2, 0) is 0 Å². The lowest BCUT2D eigenvalue weighted by Crippen LogP contribution is -3.00. The minimum atomic E-state index is -0.316. The Morgan fingerprint density at radius 3 is 2.45 bits per heavy atom. The van der Waals surface area contributed by atoms with E-state index in [-0.39, 0.29) is 18.4 Å². The number of urea groups is 1. The summed E-state index contributed by atoms with van der Waals surface area (Å²) in [6.07, 6.45) is 1.51. The molecule has 6 heteroatoms. The molecular weight excluding hydrogens is 302 g/mol. The highest BCUT2D eigenvalue weighted by molar-refractivity contribution is 5.99. The van der Waals surface area contributed by atoms with Crippen molar-refractivity contribution in [3.8, 4) is 0 Å². The first-order valence-corrected chi connectivity index (χ1v) is 7.11. The van der Waals surface area contributed by atoms with Gasteiger partial charge in [-0.2, -0.15) is 0 Å². The molecule has 0 aliphatic rings. The summed E-state index contributed by atoms with van der Waals surface area (Å²) in [5.41, 5.74) is 2.97. The summed E-state index contributed by atoms with van der Waals surface area (Å²) in [6.45, 7) is 8.16. The van der Waals surface area contributed by atoms with Gasteiger partial charge in [-0.15, -0.1) is 0 Å². The fraction of sp³-hybridized carbons (Fsp3) is 0.312. The van der Waals surface area contributed by atoms with Gasteiger partial charge < -0.3 is 27.0 Å². The van der Waals surface area contributed by atoms with Gasteiger partial charge in [-0.05, 0) is 50.6 Å². The van der Waals surface area contributed by atoms with Gasteiger partial charge >= 0.3 is 6.03 Å². The smallest absolute Gasteiger partial charge is 0.326 e. The van der Waals surface area contributed by atoms with E-state index in [4.69, 9.17) is 4.42 Å². The fourth-order valence-corrected chi connectivity index (χ4v) is 2.19. The van der Waals surface area contributed by atoms with Crippen LogP contribution in [0.3, 0.4) is 0 Å². The van der Waals surface area contributed by atoms with E-state index in [2.05, 4.69) is 35.4 Å². The predicted molar refractivity (Wildman–Crippen MR) is 86.1 cm³/mol. The molecule has 0 aliphatic heterocycles. The van der Waals surface area contributed by atoms with E-state index >= 15 is 0 Å².